The number of carbonyl (C=O) groups is 1. The molecule has 0 aliphatic heterocycles. The number of hydrogen-bond acceptors (Lipinski definition) is 2. The summed E-state index contributed by atoms with van der Waals surface area (Å²) in [6, 6.07) is 16.2. The van der Waals surface area contributed by atoms with Gasteiger partial charge in [-0.15, -0.1) is 0 Å². The molecule has 0 aromatic heterocycles. The predicted octanol–water partition coefficient (Wildman–Crippen LogP) is 4.77. The zero-order valence-electron chi connectivity index (χ0n) is 13.4. The van der Waals surface area contributed by atoms with Crippen molar-refractivity contribution in [1.82, 2.24) is 0 Å². The van der Waals surface area contributed by atoms with Crippen LogP contribution < -0.4 is 0 Å². The summed E-state index contributed by atoms with van der Waals surface area (Å²) in [6.07, 6.45) is 0.580. The van der Waals surface area contributed by atoms with E-state index in [1.165, 1.54) is 5.56 Å². The van der Waals surface area contributed by atoms with Crippen LogP contribution in [0.5, 0.6) is 0 Å². The molecule has 1 unspecified atom stereocenters. The Balaban J connectivity index is 2.39. The van der Waals surface area contributed by atoms with E-state index >= 15 is 0 Å². The summed E-state index contributed by atoms with van der Waals surface area (Å²) in [6.45, 7) is 9.48. The van der Waals surface area contributed by atoms with Gasteiger partial charge >= 0.3 is 5.97 Å². The van der Waals surface area contributed by atoms with Gasteiger partial charge in [0.2, 0.25) is 0 Å². The average molecular weight is 294 g/mol. The normalized spacial score (nSPS) is 11.8. The summed E-state index contributed by atoms with van der Waals surface area (Å²) in [4.78, 5) is 12.0. The maximum absolute atomic E-state index is 12.0. The van der Waals surface area contributed by atoms with Gasteiger partial charge in [-0.1, -0.05) is 67.6 Å². The van der Waals surface area contributed by atoms with Crippen molar-refractivity contribution in [2.75, 3.05) is 0 Å². The fraction of sp³-hybridized carbons (Fsp3) is 0.250. The van der Waals surface area contributed by atoms with E-state index in [4.69, 9.17) is 4.74 Å². The number of carbonyl (C=O) groups excluding carboxylic acids is 1. The number of hydrogen-bond donors (Lipinski definition) is 0. The lowest BCUT2D eigenvalue weighted by molar-refractivity contribution is -0.142. The van der Waals surface area contributed by atoms with Crippen molar-refractivity contribution in [3.05, 3.63) is 82.9 Å². The molecule has 0 aliphatic rings. The van der Waals surface area contributed by atoms with Crippen LogP contribution >= 0.6 is 0 Å². The zero-order valence-corrected chi connectivity index (χ0v) is 13.4. The molecular formula is C20H22O2. The van der Waals surface area contributed by atoms with Gasteiger partial charge in [0.25, 0.3) is 0 Å². The predicted molar refractivity (Wildman–Crippen MR) is 89.7 cm³/mol. The van der Waals surface area contributed by atoms with Crippen molar-refractivity contribution < 1.29 is 9.53 Å². The zero-order chi connectivity index (χ0) is 16.1. The van der Waals surface area contributed by atoms with Gasteiger partial charge in [-0.05, 0) is 37.0 Å². The molecule has 2 heteroatoms. The second-order valence-electron chi connectivity index (χ2n) is 5.57. The van der Waals surface area contributed by atoms with Crippen LogP contribution in [0.1, 0.15) is 42.2 Å². The molecule has 0 bridgehead atoms. The van der Waals surface area contributed by atoms with Gasteiger partial charge in [-0.3, -0.25) is 0 Å². The second-order valence-corrected chi connectivity index (χ2v) is 5.57. The monoisotopic (exact) mass is 294 g/mol. The summed E-state index contributed by atoms with van der Waals surface area (Å²) in [7, 11) is 0. The number of ether oxygens (including phenoxy) is 1. The number of benzene rings is 2. The van der Waals surface area contributed by atoms with Crippen LogP contribution in [0, 0.1) is 6.92 Å². The van der Waals surface area contributed by atoms with Gasteiger partial charge in [-0.25, -0.2) is 4.79 Å². The number of esters is 1. The summed E-state index contributed by atoms with van der Waals surface area (Å²) in [5.74, 6) is -0.369. The summed E-state index contributed by atoms with van der Waals surface area (Å²) >= 11 is 0. The topological polar surface area (TPSA) is 26.3 Å². The third-order valence-corrected chi connectivity index (χ3v) is 3.61. The Bertz CT molecular complexity index is 668. The van der Waals surface area contributed by atoms with Crippen LogP contribution in [0.2, 0.25) is 0 Å². The van der Waals surface area contributed by atoms with E-state index in [9.17, 15) is 4.79 Å². The largest absolute Gasteiger partial charge is 0.449 e. The number of rotatable bonds is 5. The van der Waals surface area contributed by atoms with Crippen LogP contribution in [0.4, 0.5) is 0 Å². The molecule has 0 saturated carbocycles. The van der Waals surface area contributed by atoms with Crippen LogP contribution in [-0.4, -0.2) is 5.97 Å². The van der Waals surface area contributed by atoms with E-state index in [1.54, 1.807) is 6.92 Å². The Morgan fingerprint density at radius 3 is 2.36 bits per heavy atom. The highest BCUT2D eigenvalue weighted by atomic mass is 16.5. The SMILES string of the molecule is C=C(C)C(=O)OC(c1ccc(CC)cc1)c1cccc(C)c1. The van der Waals surface area contributed by atoms with Crippen LogP contribution in [-0.2, 0) is 16.0 Å². The van der Waals surface area contributed by atoms with Gasteiger partial charge < -0.3 is 4.74 Å². The first-order valence-electron chi connectivity index (χ1n) is 7.53. The highest BCUT2D eigenvalue weighted by Crippen LogP contribution is 2.28. The molecule has 0 radical (unpaired) electrons. The molecule has 0 fully saturated rings. The molecule has 2 aromatic carbocycles. The lowest BCUT2D eigenvalue weighted by Gasteiger charge is -2.19. The summed E-state index contributed by atoms with van der Waals surface area (Å²) in [5.41, 5.74) is 4.75. The third-order valence-electron chi connectivity index (χ3n) is 3.61. The lowest BCUT2D eigenvalue weighted by atomic mass is 9.98. The maximum atomic E-state index is 12.0. The third kappa shape index (κ3) is 3.85. The van der Waals surface area contributed by atoms with Gasteiger partial charge in [-0.2, -0.15) is 0 Å². The molecule has 0 N–H and O–H groups in total. The molecule has 22 heavy (non-hydrogen) atoms. The average Bonchev–Trinajstić information content (AvgIpc) is 2.52. The molecule has 114 valence electrons. The molecule has 0 spiro atoms. The van der Waals surface area contributed by atoms with Gasteiger partial charge in [0, 0.05) is 5.57 Å². The van der Waals surface area contributed by atoms with Crippen LogP contribution in [0.15, 0.2) is 60.7 Å². The van der Waals surface area contributed by atoms with E-state index in [0.29, 0.717) is 5.57 Å². The Labute approximate surface area is 132 Å². The Kier molecular flexibility index (Phi) is 5.16. The molecule has 2 rings (SSSR count). The first-order chi connectivity index (χ1) is 10.5. The molecule has 0 heterocycles. The molecule has 0 saturated heterocycles. The number of aryl methyl sites for hydroxylation is 2. The van der Waals surface area contributed by atoms with Crippen molar-refractivity contribution in [3.8, 4) is 0 Å². The molecule has 0 aliphatic carbocycles. The highest BCUT2D eigenvalue weighted by Gasteiger charge is 2.19. The molecule has 2 nitrogen and oxygen atoms in total. The van der Waals surface area contributed by atoms with Crippen molar-refractivity contribution in [2.45, 2.75) is 33.3 Å². The van der Waals surface area contributed by atoms with E-state index in [2.05, 4.69) is 25.6 Å². The van der Waals surface area contributed by atoms with Crippen molar-refractivity contribution in [1.29, 1.82) is 0 Å². The first-order valence-corrected chi connectivity index (χ1v) is 7.53. The van der Waals surface area contributed by atoms with Crippen LogP contribution in [0.25, 0.3) is 0 Å². The van der Waals surface area contributed by atoms with Crippen LogP contribution in [0.3, 0.4) is 0 Å². The Hall–Kier alpha value is -2.35. The van der Waals surface area contributed by atoms with Gasteiger partial charge in [0.15, 0.2) is 6.10 Å². The molecule has 1 atom stereocenters. The van der Waals surface area contributed by atoms with Crippen molar-refractivity contribution >= 4 is 5.97 Å². The summed E-state index contributed by atoms with van der Waals surface area (Å²) < 4.78 is 5.67. The molecule has 0 amide bonds. The standard InChI is InChI=1S/C20H22O2/c1-5-16-9-11-17(12-10-16)19(22-20(21)14(2)3)18-8-6-7-15(4)13-18/h6-13,19H,2,5H2,1,3-4H3. The minimum Gasteiger partial charge on any atom is -0.449 e. The van der Waals surface area contributed by atoms with E-state index in [1.807, 2.05) is 43.3 Å². The quantitative estimate of drug-likeness (QED) is 0.586. The van der Waals surface area contributed by atoms with Crippen molar-refractivity contribution in [2.24, 2.45) is 0 Å². The van der Waals surface area contributed by atoms with E-state index in [0.717, 1.165) is 23.1 Å². The fourth-order valence-corrected chi connectivity index (χ4v) is 2.30. The van der Waals surface area contributed by atoms with Gasteiger partial charge in [0.05, 0.1) is 0 Å². The minimum absolute atomic E-state index is 0.369. The minimum atomic E-state index is -0.407. The highest BCUT2D eigenvalue weighted by molar-refractivity contribution is 5.87. The van der Waals surface area contributed by atoms with E-state index in [-0.39, 0.29) is 5.97 Å². The maximum Gasteiger partial charge on any atom is 0.334 e. The van der Waals surface area contributed by atoms with Gasteiger partial charge in [0.1, 0.15) is 0 Å². The van der Waals surface area contributed by atoms with Crippen molar-refractivity contribution in [3.63, 3.8) is 0 Å². The molecule has 2 aromatic rings. The lowest BCUT2D eigenvalue weighted by Crippen LogP contribution is -2.13. The Morgan fingerprint density at radius 1 is 1.14 bits per heavy atom. The molecular weight excluding hydrogens is 272 g/mol. The van der Waals surface area contributed by atoms with E-state index < -0.39 is 6.10 Å². The summed E-state index contributed by atoms with van der Waals surface area (Å²) in [5, 5.41) is 0. The smallest absolute Gasteiger partial charge is 0.334 e. The first kappa shape index (κ1) is 16.0. The fourth-order valence-electron chi connectivity index (χ4n) is 2.30. The second kappa shape index (κ2) is 7.08. The Morgan fingerprint density at radius 2 is 1.82 bits per heavy atom.